The van der Waals surface area contributed by atoms with Crippen molar-refractivity contribution < 1.29 is 59.5 Å². The standard InChI is InChI=1S/C45H52FN3O13S2/c1-5-7-23-45(6-2)27-63(55,56)35-22-21-32(49(3,4)54)25-33(35)36(40(45)50)30-19-14-20-31(24-30)47-44(53)48-41-39(62-43(52)29-17-12-9-13-18-29)38(37(46)34(60-41)26-64(57,58)59)61-42(51)28-15-10-8-11-16-28/h8-22,24-25,34,36-41,50H,5-7,23,26-27H2,1-4H3,(H2,47,48,53)(H,57,58,59)/p-1/t34-,36-,37-,38+,39-,40-,41-,45-/m1/s1. The molecule has 2 aliphatic rings. The van der Waals surface area contributed by atoms with Crippen molar-refractivity contribution in [3.63, 3.8) is 0 Å². The molecule has 0 spiro atoms. The SMILES string of the molecule is CCCC[C@]1(CC)CS(=O)(=O)c2ccc([N+](C)(C)[O-])cc2[C@@H](c2cccc(NC(=O)N[C@@H]3O[C@H](CS(=O)(=O)[O-])[C@@H](F)[C@H](OC(=O)c4ccccc4)[C@H]3OC(=O)c3ccccc3)c2)[C@H]1O. The number of rotatable bonds is 14. The summed E-state index contributed by atoms with van der Waals surface area (Å²) < 4.78 is 96.4. The number of alkyl halides is 1. The lowest BCUT2D eigenvalue weighted by molar-refractivity contribution is -0.203. The van der Waals surface area contributed by atoms with Crippen LogP contribution in [0.5, 0.6) is 0 Å². The molecule has 2 aliphatic heterocycles. The van der Waals surface area contributed by atoms with Gasteiger partial charge < -0.3 is 44.4 Å². The van der Waals surface area contributed by atoms with Crippen LogP contribution in [0.25, 0.3) is 0 Å². The number of nitrogens with zero attached hydrogens (tertiary/aromatic N) is 1. The van der Waals surface area contributed by atoms with Gasteiger partial charge in [-0.05, 0) is 66.4 Å². The van der Waals surface area contributed by atoms with Gasteiger partial charge in [-0.2, -0.15) is 0 Å². The van der Waals surface area contributed by atoms with Crippen molar-refractivity contribution in [3.8, 4) is 0 Å². The number of anilines is 1. The Bertz CT molecular complexity index is 2540. The molecule has 64 heavy (non-hydrogen) atoms. The lowest BCUT2D eigenvalue weighted by atomic mass is 9.69. The molecule has 344 valence electrons. The molecule has 2 heterocycles. The third-order valence-electron chi connectivity index (χ3n) is 11.7. The lowest BCUT2D eigenvalue weighted by Gasteiger charge is -2.42. The number of ether oxygens (including phenoxy) is 3. The van der Waals surface area contributed by atoms with Crippen molar-refractivity contribution in [3.05, 3.63) is 131 Å². The molecule has 0 aromatic heterocycles. The molecule has 0 radical (unpaired) electrons. The number of amides is 2. The zero-order chi connectivity index (χ0) is 46.6. The molecule has 0 bridgehead atoms. The van der Waals surface area contributed by atoms with E-state index in [1.807, 2.05) is 13.8 Å². The van der Waals surface area contributed by atoms with E-state index in [1.165, 1.54) is 93.0 Å². The minimum atomic E-state index is -5.19. The predicted molar refractivity (Wildman–Crippen MR) is 234 cm³/mol. The number of carbonyl (C=O) groups is 3. The zero-order valence-corrected chi connectivity index (χ0v) is 37.2. The number of hydroxylamine groups is 2. The Morgan fingerprint density at radius 3 is 2.08 bits per heavy atom. The Morgan fingerprint density at radius 2 is 1.52 bits per heavy atom. The molecule has 0 unspecified atom stereocenters. The number of unbranched alkanes of at least 4 members (excludes halogenated alkanes) is 1. The van der Waals surface area contributed by atoms with Crippen molar-refractivity contribution in [2.45, 2.75) is 87.2 Å². The third kappa shape index (κ3) is 11.0. The number of quaternary nitrogens is 1. The van der Waals surface area contributed by atoms with Crippen LogP contribution in [0, 0.1) is 10.6 Å². The summed E-state index contributed by atoms with van der Waals surface area (Å²) in [6.45, 7) is 3.78. The van der Waals surface area contributed by atoms with E-state index < -0.39 is 96.5 Å². The molecule has 16 nitrogen and oxygen atoms in total. The molecule has 0 saturated carbocycles. The van der Waals surface area contributed by atoms with Crippen molar-refractivity contribution in [2.75, 3.05) is 30.9 Å². The fourth-order valence-electron chi connectivity index (χ4n) is 8.31. The van der Waals surface area contributed by atoms with Crippen molar-refractivity contribution in [1.29, 1.82) is 0 Å². The molecule has 8 atom stereocenters. The van der Waals surface area contributed by atoms with E-state index in [9.17, 15) is 46.1 Å². The summed E-state index contributed by atoms with van der Waals surface area (Å²) >= 11 is 0. The Balaban J connectivity index is 1.37. The van der Waals surface area contributed by atoms with Crippen LogP contribution >= 0.6 is 0 Å². The highest BCUT2D eigenvalue weighted by molar-refractivity contribution is 7.91. The number of benzene rings is 4. The first-order valence-electron chi connectivity index (χ1n) is 20.7. The van der Waals surface area contributed by atoms with Gasteiger partial charge in [0.15, 0.2) is 34.4 Å². The van der Waals surface area contributed by atoms with E-state index in [0.29, 0.717) is 24.8 Å². The highest BCUT2D eigenvalue weighted by Crippen LogP contribution is 2.50. The van der Waals surface area contributed by atoms with E-state index in [1.54, 1.807) is 24.3 Å². The molecule has 6 rings (SSSR count). The molecule has 4 aromatic carbocycles. The summed E-state index contributed by atoms with van der Waals surface area (Å²) in [6.07, 6.45) is -9.90. The number of carbonyl (C=O) groups excluding carboxylic acids is 3. The first kappa shape index (κ1) is 48.2. The van der Waals surface area contributed by atoms with Crippen LogP contribution in [0.15, 0.2) is 108 Å². The number of sulfone groups is 1. The van der Waals surface area contributed by atoms with Crippen molar-refractivity contribution in [1.82, 2.24) is 9.96 Å². The number of halogens is 1. The summed E-state index contributed by atoms with van der Waals surface area (Å²) in [5, 5.41) is 30.6. The quantitative estimate of drug-likeness (QED) is 0.0588. The Morgan fingerprint density at radius 1 is 0.906 bits per heavy atom. The summed E-state index contributed by atoms with van der Waals surface area (Å²) in [4.78, 5) is 40.6. The fraction of sp³-hybridized carbons (Fsp3) is 0.400. The van der Waals surface area contributed by atoms with Gasteiger partial charge in [0.25, 0.3) is 0 Å². The molecule has 3 N–H and O–H groups in total. The van der Waals surface area contributed by atoms with Gasteiger partial charge >= 0.3 is 18.0 Å². The molecule has 4 aromatic rings. The molecule has 19 heteroatoms. The number of nitrogens with one attached hydrogen (secondary N) is 2. The number of aliphatic hydroxyl groups excluding tert-OH is 1. The second-order valence-electron chi connectivity index (χ2n) is 16.5. The van der Waals surface area contributed by atoms with Crippen LogP contribution in [0.1, 0.15) is 77.3 Å². The maximum absolute atomic E-state index is 16.4. The highest BCUT2D eigenvalue weighted by atomic mass is 32.2. The lowest BCUT2D eigenvalue weighted by Crippen LogP contribution is -2.65. The summed E-state index contributed by atoms with van der Waals surface area (Å²) in [5.74, 6) is -4.95. The fourth-order valence-corrected chi connectivity index (χ4v) is 11.2. The first-order valence-corrected chi connectivity index (χ1v) is 23.9. The van der Waals surface area contributed by atoms with E-state index >= 15 is 4.39 Å². The summed E-state index contributed by atoms with van der Waals surface area (Å²) in [6, 6.07) is 24.2. The number of esters is 2. The number of aliphatic hydroxyl groups is 1. The van der Waals surface area contributed by atoms with E-state index in [2.05, 4.69) is 10.6 Å². The first-order chi connectivity index (χ1) is 30.2. The predicted octanol–water partition coefficient (Wildman–Crippen LogP) is 5.80. The van der Waals surface area contributed by atoms with E-state index in [4.69, 9.17) is 14.2 Å². The van der Waals surface area contributed by atoms with Crippen LogP contribution in [-0.2, 0) is 34.2 Å². The minimum absolute atomic E-state index is 0.0166. The van der Waals surface area contributed by atoms with Crippen LogP contribution < -0.4 is 15.3 Å². The van der Waals surface area contributed by atoms with E-state index in [-0.39, 0.29) is 38.7 Å². The Kier molecular flexibility index (Phi) is 14.6. The molecule has 2 amide bonds. The van der Waals surface area contributed by atoms with Crippen LogP contribution in [0.2, 0.25) is 0 Å². The van der Waals surface area contributed by atoms with Gasteiger partial charge in [0.1, 0.15) is 11.8 Å². The van der Waals surface area contributed by atoms with Crippen molar-refractivity contribution >= 4 is 49.3 Å². The normalized spacial score (nSPS) is 25.5. The number of urea groups is 1. The number of hydrogen-bond donors (Lipinski definition) is 3. The monoisotopic (exact) mass is 924 g/mol. The average molecular weight is 925 g/mol. The van der Waals surface area contributed by atoms with Gasteiger partial charge in [-0.15, -0.1) is 0 Å². The van der Waals surface area contributed by atoms with Gasteiger partial charge in [-0.3, -0.25) is 0 Å². The minimum Gasteiger partial charge on any atom is -0.748 e. The second kappa shape index (κ2) is 19.4. The maximum Gasteiger partial charge on any atom is 0.338 e. The molecule has 0 aliphatic carbocycles. The largest absolute Gasteiger partial charge is 0.748 e. The van der Waals surface area contributed by atoms with Crippen LogP contribution in [0.3, 0.4) is 0 Å². The molecule has 1 fully saturated rings. The molecular weight excluding hydrogens is 874 g/mol. The Labute approximate surface area is 371 Å². The molecule has 1 saturated heterocycles. The maximum atomic E-state index is 16.4. The number of fused-ring (bicyclic) bond motifs is 1. The highest BCUT2D eigenvalue weighted by Gasteiger charge is 2.53. The zero-order valence-electron chi connectivity index (χ0n) is 35.6. The van der Waals surface area contributed by atoms with E-state index in [0.717, 1.165) is 6.42 Å². The van der Waals surface area contributed by atoms with Crippen molar-refractivity contribution in [2.24, 2.45) is 5.41 Å². The van der Waals surface area contributed by atoms with Crippen LogP contribution in [0.4, 0.5) is 20.6 Å². The topological polar surface area (TPSA) is 238 Å². The van der Waals surface area contributed by atoms with Crippen LogP contribution in [-0.4, -0.2) is 107 Å². The third-order valence-corrected chi connectivity index (χ3v) is 14.4. The summed E-state index contributed by atoms with van der Waals surface area (Å²) in [7, 11) is -6.43. The van der Waals surface area contributed by atoms with Gasteiger partial charge in [-0.25, -0.2) is 35.6 Å². The average Bonchev–Trinajstić information content (AvgIpc) is 3.31. The van der Waals surface area contributed by atoms with Gasteiger partial charge in [0, 0.05) is 29.2 Å². The second-order valence-corrected chi connectivity index (χ2v) is 19.9. The van der Waals surface area contributed by atoms with Gasteiger partial charge in [-0.1, -0.05) is 75.2 Å². The summed E-state index contributed by atoms with van der Waals surface area (Å²) in [5.41, 5.74) is -0.258. The Hall–Kier alpha value is -5.28. The van der Waals surface area contributed by atoms with Gasteiger partial charge in [0.05, 0.1) is 57.8 Å². The number of hydrogen-bond acceptors (Lipinski definition) is 13. The smallest absolute Gasteiger partial charge is 0.338 e. The van der Waals surface area contributed by atoms with Gasteiger partial charge in [0.2, 0.25) is 0 Å². The molecular formula is C45H51FN3O13S2-.